The van der Waals surface area contributed by atoms with Crippen LogP contribution in [0.15, 0.2) is 12.2 Å². The fourth-order valence-corrected chi connectivity index (χ4v) is 3.88. The number of nitrogens with one attached hydrogen (secondary N) is 1. The maximum atomic E-state index is 12.8. The summed E-state index contributed by atoms with van der Waals surface area (Å²) in [5.41, 5.74) is -0.777. The second kappa shape index (κ2) is 6.55. The molecule has 1 spiro atoms. The van der Waals surface area contributed by atoms with Crippen molar-refractivity contribution in [3.63, 3.8) is 0 Å². The lowest BCUT2D eigenvalue weighted by atomic mass is 9.77. The zero-order valence-electron chi connectivity index (χ0n) is 14.1. The number of carbonyl (C=O) groups is 3. The molecule has 4 atom stereocenters. The molecular weight excluding hydrogens is 312 g/mol. The molecule has 0 aromatic rings. The zero-order valence-corrected chi connectivity index (χ0v) is 14.1. The third-order valence-corrected chi connectivity index (χ3v) is 4.94. The number of unbranched alkanes of at least 4 members (excludes halogenated alkanes) is 1. The van der Waals surface area contributed by atoms with Crippen molar-refractivity contribution in [2.75, 3.05) is 26.2 Å². The van der Waals surface area contributed by atoms with E-state index >= 15 is 0 Å². The van der Waals surface area contributed by atoms with Crippen molar-refractivity contribution in [3.05, 3.63) is 12.2 Å². The standard InChI is InChI=1S/C17H24N2O5/c1-3-5-8-18-15(21)13-11-6-7-17(24-11)10-19(16(22)14(13)17)9-12(20)23-4-2/h6-7,11,13-14H,3-5,8-10H2,1-2H3,(H,18,21)/t11-,13?,14-,17?/m1/s1. The van der Waals surface area contributed by atoms with Crippen LogP contribution in [-0.2, 0) is 23.9 Å². The van der Waals surface area contributed by atoms with E-state index in [9.17, 15) is 14.4 Å². The number of nitrogens with zero attached hydrogens (tertiary/aromatic N) is 1. The number of rotatable bonds is 7. The van der Waals surface area contributed by atoms with Gasteiger partial charge in [-0.25, -0.2) is 0 Å². The Morgan fingerprint density at radius 2 is 2.25 bits per heavy atom. The van der Waals surface area contributed by atoms with Gasteiger partial charge in [-0.1, -0.05) is 25.5 Å². The van der Waals surface area contributed by atoms with Crippen molar-refractivity contribution < 1.29 is 23.9 Å². The number of likely N-dealkylation sites (tertiary alicyclic amines) is 1. The molecule has 0 aromatic heterocycles. The molecule has 0 aromatic carbocycles. The second-order valence-electron chi connectivity index (χ2n) is 6.54. The van der Waals surface area contributed by atoms with Crippen LogP contribution in [0.25, 0.3) is 0 Å². The first-order valence-corrected chi connectivity index (χ1v) is 8.61. The van der Waals surface area contributed by atoms with Gasteiger partial charge in [0.05, 0.1) is 31.1 Å². The molecule has 0 saturated carbocycles. The van der Waals surface area contributed by atoms with E-state index in [4.69, 9.17) is 9.47 Å². The highest BCUT2D eigenvalue weighted by atomic mass is 16.5. The molecule has 3 aliphatic rings. The maximum Gasteiger partial charge on any atom is 0.325 e. The molecule has 7 heteroatoms. The van der Waals surface area contributed by atoms with Crippen molar-refractivity contribution in [1.29, 1.82) is 0 Å². The Kier molecular flexibility index (Phi) is 4.62. The highest BCUT2D eigenvalue weighted by Crippen LogP contribution is 2.51. The van der Waals surface area contributed by atoms with E-state index in [0.717, 1.165) is 12.8 Å². The molecule has 2 unspecified atom stereocenters. The molecule has 7 nitrogen and oxygen atoms in total. The molecule has 132 valence electrons. The van der Waals surface area contributed by atoms with E-state index in [1.165, 1.54) is 4.90 Å². The third-order valence-electron chi connectivity index (χ3n) is 4.94. The van der Waals surface area contributed by atoms with Crippen LogP contribution in [0.3, 0.4) is 0 Å². The molecule has 2 fully saturated rings. The van der Waals surface area contributed by atoms with Crippen molar-refractivity contribution in [1.82, 2.24) is 10.2 Å². The van der Waals surface area contributed by atoms with Gasteiger partial charge >= 0.3 is 5.97 Å². The predicted octanol–water partition coefficient (Wildman–Crippen LogP) is 0.248. The van der Waals surface area contributed by atoms with Gasteiger partial charge in [0, 0.05) is 6.54 Å². The van der Waals surface area contributed by atoms with Gasteiger partial charge in [0.25, 0.3) is 0 Å². The van der Waals surface area contributed by atoms with Gasteiger partial charge in [-0.15, -0.1) is 0 Å². The van der Waals surface area contributed by atoms with Gasteiger partial charge in [0.2, 0.25) is 11.8 Å². The summed E-state index contributed by atoms with van der Waals surface area (Å²) < 4.78 is 10.9. The molecule has 2 saturated heterocycles. The summed E-state index contributed by atoms with van der Waals surface area (Å²) in [6.45, 7) is 4.84. The predicted molar refractivity (Wildman–Crippen MR) is 84.9 cm³/mol. The smallest absolute Gasteiger partial charge is 0.325 e. The minimum Gasteiger partial charge on any atom is -0.465 e. The van der Waals surface area contributed by atoms with Crippen LogP contribution in [0.4, 0.5) is 0 Å². The van der Waals surface area contributed by atoms with Gasteiger partial charge < -0.3 is 19.7 Å². The van der Waals surface area contributed by atoms with Gasteiger partial charge in [0.1, 0.15) is 12.1 Å². The summed E-state index contributed by atoms with van der Waals surface area (Å²) >= 11 is 0. The van der Waals surface area contributed by atoms with E-state index in [0.29, 0.717) is 13.1 Å². The van der Waals surface area contributed by atoms with Crippen molar-refractivity contribution in [2.24, 2.45) is 11.8 Å². The lowest BCUT2D eigenvalue weighted by Crippen LogP contribution is -2.44. The van der Waals surface area contributed by atoms with E-state index in [-0.39, 0.29) is 31.1 Å². The molecule has 0 aliphatic carbocycles. The highest BCUT2D eigenvalue weighted by Gasteiger charge is 2.66. The number of hydrogen-bond acceptors (Lipinski definition) is 5. The summed E-state index contributed by atoms with van der Waals surface area (Å²) in [6, 6.07) is 0. The van der Waals surface area contributed by atoms with Crippen LogP contribution < -0.4 is 5.32 Å². The lowest BCUT2D eigenvalue weighted by Gasteiger charge is -2.23. The molecule has 2 amide bonds. The minimum atomic E-state index is -0.777. The SMILES string of the molecule is CCCCNC(=O)C1[C@H]2C=CC3(CN(CC(=O)OCC)C(=O)[C@@H]13)O2. The number of carbonyl (C=O) groups excluding carboxylic acids is 3. The van der Waals surface area contributed by atoms with Gasteiger partial charge in [-0.3, -0.25) is 14.4 Å². The average Bonchev–Trinajstić information content (AvgIpc) is 3.16. The normalized spacial score (nSPS) is 33.0. The van der Waals surface area contributed by atoms with Crippen molar-refractivity contribution in [3.8, 4) is 0 Å². The first-order valence-electron chi connectivity index (χ1n) is 8.61. The fraction of sp³-hybridized carbons (Fsp3) is 0.706. The van der Waals surface area contributed by atoms with E-state index in [2.05, 4.69) is 12.2 Å². The lowest BCUT2D eigenvalue weighted by molar-refractivity contribution is -0.149. The van der Waals surface area contributed by atoms with Gasteiger partial charge in [-0.2, -0.15) is 0 Å². The monoisotopic (exact) mass is 336 g/mol. The second-order valence-corrected chi connectivity index (χ2v) is 6.54. The largest absolute Gasteiger partial charge is 0.465 e. The Morgan fingerprint density at radius 1 is 1.46 bits per heavy atom. The molecule has 0 radical (unpaired) electrons. The van der Waals surface area contributed by atoms with Crippen molar-refractivity contribution >= 4 is 17.8 Å². The molecule has 24 heavy (non-hydrogen) atoms. The molecular formula is C17H24N2O5. The number of ether oxygens (including phenoxy) is 2. The maximum absolute atomic E-state index is 12.8. The van der Waals surface area contributed by atoms with Crippen molar-refractivity contribution in [2.45, 2.75) is 38.4 Å². The van der Waals surface area contributed by atoms with Gasteiger partial charge in [-0.05, 0) is 13.3 Å². The number of hydrogen-bond donors (Lipinski definition) is 1. The summed E-state index contributed by atoms with van der Waals surface area (Å²) in [5, 5.41) is 2.90. The molecule has 3 heterocycles. The molecule has 1 N–H and O–H groups in total. The van der Waals surface area contributed by atoms with Crippen LogP contribution in [0.2, 0.25) is 0 Å². The molecule has 3 rings (SSSR count). The summed E-state index contributed by atoms with van der Waals surface area (Å²) in [7, 11) is 0. The first kappa shape index (κ1) is 17.0. The number of fused-ring (bicyclic) bond motifs is 1. The topological polar surface area (TPSA) is 84.9 Å². The van der Waals surface area contributed by atoms with Crippen LogP contribution >= 0.6 is 0 Å². The first-order chi connectivity index (χ1) is 11.5. The van der Waals surface area contributed by atoms with Crippen LogP contribution in [0.5, 0.6) is 0 Å². The fourth-order valence-electron chi connectivity index (χ4n) is 3.88. The summed E-state index contributed by atoms with van der Waals surface area (Å²) in [6.07, 6.45) is 5.27. The van der Waals surface area contributed by atoms with Gasteiger partial charge in [0.15, 0.2) is 0 Å². The molecule has 2 bridgehead atoms. The third kappa shape index (κ3) is 2.70. The van der Waals surface area contributed by atoms with Crippen LogP contribution in [0, 0.1) is 11.8 Å². The Morgan fingerprint density at radius 3 is 2.96 bits per heavy atom. The van der Waals surface area contributed by atoms with Crippen LogP contribution in [-0.4, -0.2) is 60.6 Å². The Labute approximate surface area is 141 Å². The summed E-state index contributed by atoms with van der Waals surface area (Å²) in [5.74, 6) is -1.86. The Hall–Kier alpha value is -1.89. The number of esters is 1. The highest BCUT2D eigenvalue weighted by molar-refractivity contribution is 5.94. The average molecular weight is 336 g/mol. The van der Waals surface area contributed by atoms with E-state index in [1.54, 1.807) is 6.92 Å². The molecule has 3 aliphatic heterocycles. The summed E-state index contributed by atoms with van der Waals surface area (Å²) in [4.78, 5) is 38.5. The quantitative estimate of drug-likeness (QED) is 0.409. The number of amides is 2. The zero-order chi connectivity index (χ0) is 17.3. The van der Waals surface area contributed by atoms with E-state index in [1.807, 2.05) is 12.2 Å². The Balaban J connectivity index is 1.72. The van der Waals surface area contributed by atoms with E-state index < -0.39 is 23.4 Å². The van der Waals surface area contributed by atoms with Crippen LogP contribution in [0.1, 0.15) is 26.7 Å². The minimum absolute atomic E-state index is 0.100. The Bertz CT molecular complexity index is 575.